The molecule has 0 atom stereocenters. The average Bonchev–Trinajstić information content (AvgIpc) is 3.33. The third-order valence-corrected chi connectivity index (χ3v) is 6.02. The Kier molecular flexibility index (Phi) is 5.75. The Morgan fingerprint density at radius 1 is 1.00 bits per heavy atom. The first kappa shape index (κ1) is 17.9. The predicted molar refractivity (Wildman–Crippen MR) is 103 cm³/mol. The van der Waals surface area contributed by atoms with Gasteiger partial charge >= 0.3 is 6.03 Å². The normalized spacial score (nSPS) is 11.3. The summed E-state index contributed by atoms with van der Waals surface area (Å²) in [6, 6.07) is 14.5. The molecule has 0 aliphatic rings. The molecule has 2 heterocycles. The molecule has 3 N–H and O–H groups in total. The van der Waals surface area contributed by atoms with Crippen molar-refractivity contribution < 1.29 is 9.90 Å². The molecule has 0 saturated carbocycles. The van der Waals surface area contributed by atoms with Gasteiger partial charge in [0.2, 0.25) is 0 Å². The van der Waals surface area contributed by atoms with Crippen LogP contribution in [-0.2, 0) is 12.1 Å². The predicted octanol–water partition coefficient (Wildman–Crippen LogP) is 4.20. The summed E-state index contributed by atoms with van der Waals surface area (Å²) < 4.78 is 0. The van der Waals surface area contributed by atoms with E-state index < -0.39 is 5.60 Å². The second-order valence-electron chi connectivity index (χ2n) is 5.48. The van der Waals surface area contributed by atoms with Crippen LogP contribution in [0.25, 0.3) is 0 Å². The molecule has 0 unspecified atom stereocenters. The van der Waals surface area contributed by atoms with Crippen LogP contribution in [0, 0.1) is 0 Å². The van der Waals surface area contributed by atoms with Crippen LogP contribution in [0.5, 0.6) is 0 Å². The fraction of sp³-hybridized carbons (Fsp3) is 0.167. The van der Waals surface area contributed by atoms with Gasteiger partial charge in [-0.05, 0) is 40.6 Å². The SMILES string of the molecule is O=C(NCc1ccc(Cl)cc1)NCC(O)(c1cccs1)c1cccs1. The molecule has 2 amide bonds. The molecule has 7 heteroatoms. The first-order chi connectivity index (χ1) is 12.1. The van der Waals surface area contributed by atoms with Gasteiger partial charge in [-0.15, -0.1) is 22.7 Å². The van der Waals surface area contributed by atoms with Gasteiger partial charge in [0.05, 0.1) is 6.54 Å². The third kappa shape index (κ3) is 4.41. The number of halogens is 1. The van der Waals surface area contributed by atoms with E-state index in [-0.39, 0.29) is 12.6 Å². The summed E-state index contributed by atoms with van der Waals surface area (Å²) in [4.78, 5) is 13.7. The van der Waals surface area contributed by atoms with Crippen LogP contribution in [0.1, 0.15) is 15.3 Å². The number of carbonyl (C=O) groups excluding carboxylic acids is 1. The molecule has 130 valence electrons. The maximum Gasteiger partial charge on any atom is 0.315 e. The molecule has 25 heavy (non-hydrogen) atoms. The third-order valence-electron chi connectivity index (χ3n) is 3.73. The molecule has 0 saturated heterocycles. The zero-order valence-electron chi connectivity index (χ0n) is 13.2. The standard InChI is InChI=1S/C18H17ClN2O2S2/c19-14-7-5-13(6-8-14)11-20-17(22)21-12-18(23,15-3-1-9-24-15)16-4-2-10-25-16/h1-10,23H,11-12H2,(H2,20,21,22). The van der Waals surface area contributed by atoms with Gasteiger partial charge < -0.3 is 15.7 Å². The van der Waals surface area contributed by atoms with Gasteiger partial charge in [0.1, 0.15) is 0 Å². The number of hydrogen-bond donors (Lipinski definition) is 3. The molecule has 0 fully saturated rings. The summed E-state index contributed by atoms with van der Waals surface area (Å²) in [5.41, 5.74) is -0.272. The van der Waals surface area contributed by atoms with Crippen molar-refractivity contribution in [3.8, 4) is 0 Å². The lowest BCUT2D eigenvalue weighted by molar-refractivity contribution is 0.0896. The van der Waals surface area contributed by atoms with E-state index in [2.05, 4.69) is 10.6 Å². The Bertz CT molecular complexity index is 768. The zero-order chi connectivity index (χ0) is 17.7. The Morgan fingerprint density at radius 2 is 1.60 bits per heavy atom. The Labute approximate surface area is 159 Å². The molecule has 0 bridgehead atoms. The maximum absolute atomic E-state index is 12.1. The van der Waals surface area contributed by atoms with Crippen molar-refractivity contribution in [2.24, 2.45) is 0 Å². The van der Waals surface area contributed by atoms with Crippen molar-refractivity contribution in [2.75, 3.05) is 6.54 Å². The number of amides is 2. The summed E-state index contributed by atoms with van der Waals surface area (Å²) in [6.07, 6.45) is 0. The molecule has 3 rings (SSSR count). The monoisotopic (exact) mass is 392 g/mol. The lowest BCUT2D eigenvalue weighted by Gasteiger charge is -2.26. The van der Waals surface area contributed by atoms with Crippen LogP contribution in [-0.4, -0.2) is 17.7 Å². The molecule has 0 spiro atoms. The first-order valence-corrected chi connectivity index (χ1v) is 9.78. The number of hydrogen-bond acceptors (Lipinski definition) is 4. The van der Waals surface area contributed by atoms with Crippen LogP contribution in [0.3, 0.4) is 0 Å². The van der Waals surface area contributed by atoms with Crippen LogP contribution in [0.2, 0.25) is 5.02 Å². The highest BCUT2D eigenvalue weighted by atomic mass is 35.5. The quantitative estimate of drug-likeness (QED) is 0.588. The number of urea groups is 1. The molecular weight excluding hydrogens is 376 g/mol. The van der Waals surface area contributed by atoms with Gasteiger partial charge in [0, 0.05) is 21.3 Å². The number of nitrogens with one attached hydrogen (secondary N) is 2. The molecule has 1 aromatic carbocycles. The number of thiophene rings is 2. The number of rotatable bonds is 6. The summed E-state index contributed by atoms with van der Waals surface area (Å²) in [7, 11) is 0. The van der Waals surface area contributed by atoms with Gasteiger partial charge in [-0.1, -0.05) is 35.9 Å². The molecule has 0 aliphatic heterocycles. The second kappa shape index (κ2) is 8.01. The minimum atomic E-state index is -1.22. The molecule has 0 radical (unpaired) electrons. The van der Waals surface area contributed by atoms with Gasteiger partial charge in [0.15, 0.2) is 5.60 Å². The number of carbonyl (C=O) groups is 1. The highest BCUT2D eigenvalue weighted by Gasteiger charge is 2.34. The summed E-state index contributed by atoms with van der Waals surface area (Å²) in [5, 5.41) is 21.2. The smallest absolute Gasteiger partial charge is 0.315 e. The zero-order valence-corrected chi connectivity index (χ0v) is 15.6. The Balaban J connectivity index is 1.61. The fourth-order valence-electron chi connectivity index (χ4n) is 2.38. The van der Waals surface area contributed by atoms with Crippen LogP contribution in [0.4, 0.5) is 4.79 Å². The molecule has 3 aromatic rings. The summed E-state index contributed by atoms with van der Waals surface area (Å²) in [6.45, 7) is 0.486. The van der Waals surface area contributed by atoms with E-state index in [0.717, 1.165) is 15.3 Å². The minimum absolute atomic E-state index is 0.0977. The van der Waals surface area contributed by atoms with Crippen molar-refractivity contribution in [1.82, 2.24) is 10.6 Å². The van der Waals surface area contributed by atoms with E-state index in [4.69, 9.17) is 11.6 Å². The van der Waals surface area contributed by atoms with Crippen LogP contribution in [0.15, 0.2) is 59.3 Å². The van der Waals surface area contributed by atoms with E-state index >= 15 is 0 Å². The second-order valence-corrected chi connectivity index (χ2v) is 7.81. The maximum atomic E-state index is 12.1. The lowest BCUT2D eigenvalue weighted by Crippen LogP contribution is -2.44. The minimum Gasteiger partial charge on any atom is -0.377 e. The molecule has 0 aliphatic carbocycles. The van der Waals surface area contributed by atoms with Crippen molar-refractivity contribution >= 4 is 40.3 Å². The van der Waals surface area contributed by atoms with E-state index in [9.17, 15) is 9.90 Å². The average molecular weight is 393 g/mol. The van der Waals surface area contributed by atoms with Crippen molar-refractivity contribution in [2.45, 2.75) is 12.1 Å². The highest BCUT2D eigenvalue weighted by molar-refractivity contribution is 7.11. The van der Waals surface area contributed by atoms with Gasteiger partial charge in [-0.25, -0.2) is 4.79 Å². The van der Waals surface area contributed by atoms with E-state index in [1.54, 1.807) is 12.1 Å². The summed E-state index contributed by atoms with van der Waals surface area (Å²) in [5.74, 6) is 0. The van der Waals surface area contributed by atoms with E-state index in [1.165, 1.54) is 22.7 Å². The lowest BCUT2D eigenvalue weighted by atomic mass is 10.00. The fourth-order valence-corrected chi connectivity index (χ4v) is 4.25. The molecule has 4 nitrogen and oxygen atoms in total. The Morgan fingerprint density at radius 3 is 2.12 bits per heavy atom. The largest absolute Gasteiger partial charge is 0.377 e. The topological polar surface area (TPSA) is 61.4 Å². The van der Waals surface area contributed by atoms with Crippen molar-refractivity contribution in [3.05, 3.63) is 79.6 Å². The molecule has 2 aromatic heterocycles. The van der Waals surface area contributed by atoms with E-state index in [0.29, 0.717) is 11.6 Å². The Hall–Kier alpha value is -1.86. The van der Waals surface area contributed by atoms with Gasteiger partial charge in [-0.2, -0.15) is 0 Å². The van der Waals surface area contributed by atoms with Crippen molar-refractivity contribution in [3.63, 3.8) is 0 Å². The van der Waals surface area contributed by atoms with Gasteiger partial charge in [-0.3, -0.25) is 0 Å². The molecular formula is C18H17ClN2O2S2. The van der Waals surface area contributed by atoms with Crippen molar-refractivity contribution in [1.29, 1.82) is 0 Å². The van der Waals surface area contributed by atoms with E-state index in [1.807, 2.05) is 47.2 Å². The van der Waals surface area contributed by atoms with Crippen LogP contribution < -0.4 is 10.6 Å². The highest BCUT2D eigenvalue weighted by Crippen LogP contribution is 2.34. The first-order valence-electron chi connectivity index (χ1n) is 7.64. The van der Waals surface area contributed by atoms with Crippen LogP contribution >= 0.6 is 34.3 Å². The number of benzene rings is 1. The van der Waals surface area contributed by atoms with Gasteiger partial charge in [0.25, 0.3) is 0 Å². The number of aliphatic hydroxyl groups is 1. The summed E-state index contributed by atoms with van der Waals surface area (Å²) >= 11 is 8.77.